The smallest absolute Gasteiger partial charge is 0.398 e. The van der Waals surface area contributed by atoms with Gasteiger partial charge in [0.05, 0.1) is 11.2 Å². The third kappa shape index (κ3) is 4.58. The number of hydrogen-bond donors (Lipinski definition) is 0. The summed E-state index contributed by atoms with van der Waals surface area (Å²) >= 11 is 0. The molecule has 0 aromatic heterocycles. The molecular weight excluding hydrogens is 302 g/mol. The molecule has 0 unspecified atom stereocenters. The van der Waals surface area contributed by atoms with Gasteiger partial charge in [0.1, 0.15) is 5.73 Å². The summed E-state index contributed by atoms with van der Waals surface area (Å²) in [6.07, 6.45) is 6.48. The van der Waals surface area contributed by atoms with Gasteiger partial charge in [0.15, 0.2) is 0 Å². The van der Waals surface area contributed by atoms with Crippen LogP contribution in [0.3, 0.4) is 0 Å². The molecule has 0 amide bonds. The van der Waals surface area contributed by atoms with Gasteiger partial charge in [0, 0.05) is 0 Å². The minimum Gasteiger partial charge on any atom is -0.398 e. The fourth-order valence-electron chi connectivity index (χ4n) is 2.52. The Labute approximate surface area is 145 Å². The zero-order valence-electron chi connectivity index (χ0n) is 15.6. The Morgan fingerprint density at radius 3 is 2.17 bits per heavy atom. The normalized spacial score (nSPS) is 20.8. The monoisotopic (exact) mass is 330 g/mol. The van der Waals surface area contributed by atoms with Crippen molar-refractivity contribution in [1.29, 1.82) is 0 Å². The van der Waals surface area contributed by atoms with Gasteiger partial charge in [0.25, 0.3) is 0 Å². The topological polar surface area (TPSA) is 18.5 Å². The molecule has 2 rings (SSSR count). The van der Waals surface area contributed by atoms with Crippen LogP contribution in [0.2, 0.25) is 0 Å². The summed E-state index contributed by atoms with van der Waals surface area (Å²) in [5.41, 5.74) is -0.588. The van der Waals surface area contributed by atoms with Crippen LogP contribution < -0.4 is 0 Å². The second-order valence-electron chi connectivity index (χ2n) is 8.12. The van der Waals surface area contributed by atoms with Gasteiger partial charge in [-0.2, -0.15) is 0 Å². The van der Waals surface area contributed by atoms with E-state index in [0.29, 0.717) is 0 Å². The van der Waals surface area contributed by atoms with Gasteiger partial charge < -0.3 is 9.31 Å². The van der Waals surface area contributed by atoms with E-state index in [1.54, 1.807) is 6.08 Å². The van der Waals surface area contributed by atoms with Crippen molar-refractivity contribution in [3.05, 3.63) is 53.8 Å². The van der Waals surface area contributed by atoms with Gasteiger partial charge >= 0.3 is 7.12 Å². The second-order valence-corrected chi connectivity index (χ2v) is 8.12. The van der Waals surface area contributed by atoms with Crippen LogP contribution in [0.5, 0.6) is 0 Å². The van der Waals surface area contributed by atoms with Crippen LogP contribution in [-0.4, -0.2) is 18.3 Å². The molecule has 1 aliphatic rings. The molecule has 4 heteroatoms. The Hall–Kier alpha value is -1.39. The first-order chi connectivity index (χ1) is 11.0. The predicted octanol–water partition coefficient (Wildman–Crippen LogP) is 5.60. The van der Waals surface area contributed by atoms with E-state index in [2.05, 4.69) is 12.2 Å². The maximum atomic E-state index is 14.6. The standard InChI is InChI=1S/C20H28BFO2/c1-18(2,14-10-13-16-11-8-7-9-12-16)15-17(22)21-23-19(3,4)20(5,6)24-21/h7-13,15H,14H2,1-6H3/b13-10+,17-15?. The summed E-state index contributed by atoms with van der Waals surface area (Å²) in [5, 5.41) is 0. The fraction of sp³-hybridized carbons (Fsp3) is 0.500. The first-order valence-electron chi connectivity index (χ1n) is 8.48. The molecule has 1 fully saturated rings. The van der Waals surface area contributed by atoms with Crippen LogP contribution in [0.25, 0.3) is 6.08 Å². The van der Waals surface area contributed by atoms with Crippen LogP contribution in [0.15, 0.2) is 48.2 Å². The van der Waals surface area contributed by atoms with Gasteiger partial charge in [-0.15, -0.1) is 0 Å². The van der Waals surface area contributed by atoms with Crippen LogP contribution in [-0.2, 0) is 9.31 Å². The van der Waals surface area contributed by atoms with Gasteiger partial charge in [-0.05, 0) is 45.1 Å². The zero-order chi connectivity index (χ0) is 18.0. The molecule has 0 saturated carbocycles. The molecule has 130 valence electrons. The maximum Gasteiger partial charge on any atom is 0.524 e. The number of allylic oxidation sites excluding steroid dienone is 2. The molecule has 1 aliphatic heterocycles. The average molecular weight is 330 g/mol. The molecule has 1 saturated heterocycles. The summed E-state index contributed by atoms with van der Waals surface area (Å²) in [4.78, 5) is 0. The van der Waals surface area contributed by atoms with Crippen molar-refractivity contribution in [2.24, 2.45) is 5.41 Å². The van der Waals surface area contributed by atoms with Gasteiger partial charge in [-0.25, -0.2) is 4.39 Å². The lowest BCUT2D eigenvalue weighted by atomic mass is 9.80. The average Bonchev–Trinajstić information content (AvgIpc) is 2.68. The molecule has 1 heterocycles. The van der Waals surface area contributed by atoms with Crippen molar-refractivity contribution in [2.45, 2.75) is 59.2 Å². The quantitative estimate of drug-likeness (QED) is 0.654. The zero-order valence-corrected chi connectivity index (χ0v) is 15.6. The largest absolute Gasteiger partial charge is 0.524 e. The highest BCUT2D eigenvalue weighted by molar-refractivity contribution is 6.53. The molecular formula is C20H28BFO2. The second kappa shape index (κ2) is 6.85. The minimum absolute atomic E-state index is 0.320. The third-order valence-electron chi connectivity index (χ3n) is 4.76. The first-order valence-corrected chi connectivity index (χ1v) is 8.48. The van der Waals surface area contributed by atoms with Crippen molar-refractivity contribution in [3.63, 3.8) is 0 Å². The van der Waals surface area contributed by atoms with Crippen LogP contribution in [0.1, 0.15) is 53.5 Å². The number of hydrogen-bond acceptors (Lipinski definition) is 2. The summed E-state index contributed by atoms with van der Waals surface area (Å²) < 4.78 is 26.2. The lowest BCUT2D eigenvalue weighted by Gasteiger charge is -2.32. The van der Waals surface area contributed by atoms with E-state index in [4.69, 9.17) is 9.31 Å². The SMILES string of the molecule is CC(C)(C=C(F)B1OC(C)(C)C(C)(C)O1)C/C=C/c1ccccc1. The molecule has 1 aromatic carbocycles. The van der Waals surface area contributed by atoms with Crippen molar-refractivity contribution in [1.82, 2.24) is 0 Å². The van der Waals surface area contributed by atoms with E-state index < -0.39 is 18.3 Å². The Morgan fingerprint density at radius 2 is 1.62 bits per heavy atom. The third-order valence-corrected chi connectivity index (χ3v) is 4.76. The summed E-state index contributed by atoms with van der Waals surface area (Å²) in [5.74, 6) is 0. The molecule has 24 heavy (non-hydrogen) atoms. The van der Waals surface area contributed by atoms with E-state index in [1.807, 2.05) is 71.9 Å². The van der Waals surface area contributed by atoms with Gasteiger partial charge in [0.2, 0.25) is 0 Å². The highest BCUT2D eigenvalue weighted by Gasteiger charge is 2.53. The van der Waals surface area contributed by atoms with Crippen molar-refractivity contribution in [3.8, 4) is 0 Å². The fourth-order valence-corrected chi connectivity index (χ4v) is 2.52. The maximum absolute atomic E-state index is 14.6. The summed E-state index contributed by atoms with van der Waals surface area (Å²) in [7, 11) is -0.924. The molecule has 0 aliphatic carbocycles. The molecule has 0 atom stereocenters. The predicted molar refractivity (Wildman–Crippen MR) is 99.1 cm³/mol. The van der Waals surface area contributed by atoms with Crippen molar-refractivity contribution >= 4 is 13.2 Å². The number of benzene rings is 1. The highest BCUT2D eigenvalue weighted by atomic mass is 19.1. The minimum atomic E-state index is -0.924. The summed E-state index contributed by atoms with van der Waals surface area (Å²) in [6.45, 7) is 11.7. The number of rotatable bonds is 5. The van der Waals surface area contributed by atoms with E-state index in [9.17, 15) is 4.39 Å². The van der Waals surface area contributed by atoms with Crippen molar-refractivity contribution in [2.75, 3.05) is 0 Å². The molecule has 0 N–H and O–H groups in total. The lowest BCUT2D eigenvalue weighted by molar-refractivity contribution is 0.00578. The van der Waals surface area contributed by atoms with E-state index >= 15 is 0 Å². The van der Waals surface area contributed by atoms with E-state index in [1.165, 1.54) is 0 Å². The number of halogens is 1. The van der Waals surface area contributed by atoms with E-state index in [-0.39, 0.29) is 11.1 Å². The Bertz CT molecular complexity index is 602. The molecule has 1 aromatic rings. The van der Waals surface area contributed by atoms with Gasteiger partial charge in [-0.3, -0.25) is 0 Å². The Kier molecular flexibility index (Phi) is 5.41. The van der Waals surface area contributed by atoms with Crippen LogP contribution in [0, 0.1) is 5.41 Å². The molecule has 0 spiro atoms. The lowest BCUT2D eigenvalue weighted by Crippen LogP contribution is -2.41. The van der Waals surface area contributed by atoms with E-state index in [0.717, 1.165) is 12.0 Å². The van der Waals surface area contributed by atoms with Crippen LogP contribution in [0.4, 0.5) is 4.39 Å². The molecule has 0 bridgehead atoms. The van der Waals surface area contributed by atoms with Crippen LogP contribution >= 0.6 is 0 Å². The Balaban J connectivity index is 2.02. The van der Waals surface area contributed by atoms with Crippen molar-refractivity contribution < 1.29 is 13.7 Å². The Morgan fingerprint density at radius 1 is 1.08 bits per heavy atom. The highest BCUT2D eigenvalue weighted by Crippen LogP contribution is 2.39. The summed E-state index contributed by atoms with van der Waals surface area (Å²) in [6, 6.07) is 10.1. The molecule has 0 radical (unpaired) electrons. The van der Waals surface area contributed by atoms with Gasteiger partial charge in [-0.1, -0.05) is 62.4 Å². The first kappa shape index (κ1) is 18.9. The molecule has 2 nitrogen and oxygen atoms in total.